The highest BCUT2D eigenvalue weighted by Crippen LogP contribution is 2.28. The highest BCUT2D eigenvalue weighted by Gasteiger charge is 2.41. The largest absolute Gasteiger partial charge is 0.377 e. The first-order valence-electron chi connectivity index (χ1n) is 7.88. The minimum Gasteiger partial charge on any atom is -0.377 e. The third kappa shape index (κ3) is 3.63. The van der Waals surface area contributed by atoms with E-state index in [1.54, 1.807) is 0 Å². The lowest BCUT2D eigenvalue weighted by Crippen LogP contribution is -2.45. The summed E-state index contributed by atoms with van der Waals surface area (Å²) in [5.41, 5.74) is 0. The van der Waals surface area contributed by atoms with Crippen LogP contribution in [0.25, 0.3) is 0 Å². The van der Waals surface area contributed by atoms with E-state index in [0.29, 0.717) is 13.0 Å². The van der Waals surface area contributed by atoms with Crippen molar-refractivity contribution in [1.82, 2.24) is 4.31 Å². The number of ether oxygens (including phenoxy) is 1. The van der Waals surface area contributed by atoms with Crippen molar-refractivity contribution in [2.24, 2.45) is 0 Å². The molecule has 2 fully saturated rings. The minimum atomic E-state index is -4.14. The Labute approximate surface area is 141 Å². The Bertz CT molecular complexity index is 803. The van der Waals surface area contributed by atoms with E-state index in [4.69, 9.17) is 4.74 Å². The second-order valence-corrected chi connectivity index (χ2v) is 10.3. The molecule has 0 spiro atoms. The highest BCUT2D eigenvalue weighted by atomic mass is 32.2. The summed E-state index contributed by atoms with van der Waals surface area (Å²) in [6.07, 6.45) is 1.49. The Morgan fingerprint density at radius 3 is 2.58 bits per heavy atom. The van der Waals surface area contributed by atoms with Gasteiger partial charge in [-0.2, -0.15) is 4.31 Å². The van der Waals surface area contributed by atoms with E-state index in [1.165, 1.54) is 18.2 Å². The van der Waals surface area contributed by atoms with E-state index in [-0.39, 0.29) is 30.6 Å². The van der Waals surface area contributed by atoms with Crippen LogP contribution in [0, 0.1) is 5.82 Å². The zero-order chi connectivity index (χ0) is 17.4. The van der Waals surface area contributed by atoms with Crippen LogP contribution in [0.5, 0.6) is 0 Å². The molecule has 2 heterocycles. The molecular formula is C15H20FNO5S2. The van der Waals surface area contributed by atoms with Crippen LogP contribution in [0.15, 0.2) is 29.2 Å². The fourth-order valence-corrected chi connectivity index (χ4v) is 6.79. The topological polar surface area (TPSA) is 80.8 Å². The molecule has 2 aliphatic heterocycles. The van der Waals surface area contributed by atoms with E-state index in [9.17, 15) is 21.2 Å². The molecule has 3 rings (SSSR count). The van der Waals surface area contributed by atoms with Gasteiger partial charge < -0.3 is 4.74 Å². The monoisotopic (exact) mass is 377 g/mol. The van der Waals surface area contributed by atoms with Crippen LogP contribution < -0.4 is 0 Å². The van der Waals surface area contributed by atoms with E-state index in [2.05, 4.69) is 0 Å². The molecule has 24 heavy (non-hydrogen) atoms. The SMILES string of the molecule is O=S1(=O)CC[C@@H](N(C[C@@H]2CCCO2)S(=O)(=O)c2ccccc2F)C1. The minimum absolute atomic E-state index is 0.0491. The molecule has 2 atom stereocenters. The number of rotatable bonds is 5. The average Bonchev–Trinajstić information content (AvgIpc) is 3.14. The van der Waals surface area contributed by atoms with Gasteiger partial charge in [0.1, 0.15) is 10.7 Å². The number of halogens is 1. The summed E-state index contributed by atoms with van der Waals surface area (Å²) in [5.74, 6) is -1.12. The normalized spacial score (nSPS) is 26.9. The van der Waals surface area contributed by atoms with Gasteiger partial charge in [0.2, 0.25) is 10.0 Å². The summed E-state index contributed by atoms with van der Waals surface area (Å²) in [4.78, 5) is -0.424. The van der Waals surface area contributed by atoms with Gasteiger partial charge in [0.15, 0.2) is 9.84 Å². The Morgan fingerprint density at radius 2 is 2.00 bits per heavy atom. The van der Waals surface area contributed by atoms with Crippen molar-refractivity contribution in [3.8, 4) is 0 Å². The summed E-state index contributed by atoms with van der Waals surface area (Å²) >= 11 is 0. The molecule has 9 heteroatoms. The highest BCUT2D eigenvalue weighted by molar-refractivity contribution is 7.92. The van der Waals surface area contributed by atoms with E-state index < -0.39 is 36.6 Å². The van der Waals surface area contributed by atoms with Crippen LogP contribution in [0.3, 0.4) is 0 Å². The van der Waals surface area contributed by atoms with Gasteiger partial charge >= 0.3 is 0 Å². The van der Waals surface area contributed by atoms with Crippen molar-refractivity contribution in [1.29, 1.82) is 0 Å². The maximum absolute atomic E-state index is 14.0. The van der Waals surface area contributed by atoms with E-state index >= 15 is 0 Å². The van der Waals surface area contributed by atoms with Crippen molar-refractivity contribution < 1.29 is 26.0 Å². The Morgan fingerprint density at radius 1 is 1.25 bits per heavy atom. The molecule has 6 nitrogen and oxygen atoms in total. The number of sulfone groups is 1. The van der Waals surface area contributed by atoms with Crippen LogP contribution >= 0.6 is 0 Å². The van der Waals surface area contributed by atoms with Gasteiger partial charge in [-0.15, -0.1) is 0 Å². The predicted octanol–water partition coefficient (Wildman–Crippen LogP) is 1.18. The summed E-state index contributed by atoms with van der Waals surface area (Å²) in [5, 5.41) is 0. The summed E-state index contributed by atoms with van der Waals surface area (Å²) in [6.45, 7) is 0.609. The maximum atomic E-state index is 14.0. The van der Waals surface area contributed by atoms with Crippen LogP contribution in [0.4, 0.5) is 4.39 Å². The number of nitrogens with zero attached hydrogens (tertiary/aromatic N) is 1. The lowest BCUT2D eigenvalue weighted by atomic mass is 10.2. The zero-order valence-corrected chi connectivity index (χ0v) is 14.7. The lowest BCUT2D eigenvalue weighted by Gasteiger charge is -2.29. The number of hydrogen-bond donors (Lipinski definition) is 0. The molecule has 0 radical (unpaired) electrons. The Hall–Kier alpha value is -1.03. The molecule has 0 amide bonds. The van der Waals surface area contributed by atoms with Crippen LogP contribution in [-0.2, 0) is 24.6 Å². The molecule has 0 aliphatic carbocycles. The van der Waals surface area contributed by atoms with Gasteiger partial charge in [-0.1, -0.05) is 12.1 Å². The molecule has 0 aromatic heterocycles. The first-order valence-corrected chi connectivity index (χ1v) is 11.1. The van der Waals surface area contributed by atoms with Crippen LogP contribution in [-0.4, -0.2) is 57.9 Å². The summed E-state index contributed by atoms with van der Waals surface area (Å²) in [6, 6.07) is 4.48. The summed E-state index contributed by atoms with van der Waals surface area (Å²) in [7, 11) is -7.41. The summed E-state index contributed by atoms with van der Waals surface area (Å²) < 4.78 is 70.2. The fourth-order valence-electron chi connectivity index (χ4n) is 3.22. The third-order valence-corrected chi connectivity index (χ3v) is 8.15. The van der Waals surface area contributed by atoms with Crippen molar-refractivity contribution in [2.45, 2.75) is 36.3 Å². The smallest absolute Gasteiger partial charge is 0.246 e. The second kappa shape index (κ2) is 6.70. The predicted molar refractivity (Wildman–Crippen MR) is 86.3 cm³/mol. The molecule has 1 aromatic carbocycles. The maximum Gasteiger partial charge on any atom is 0.246 e. The zero-order valence-electron chi connectivity index (χ0n) is 13.1. The van der Waals surface area contributed by atoms with Crippen molar-refractivity contribution in [3.05, 3.63) is 30.1 Å². The van der Waals surface area contributed by atoms with Gasteiger partial charge in [-0.25, -0.2) is 21.2 Å². The van der Waals surface area contributed by atoms with Crippen LogP contribution in [0.2, 0.25) is 0 Å². The van der Waals surface area contributed by atoms with Crippen molar-refractivity contribution in [2.75, 3.05) is 24.7 Å². The molecule has 2 aliphatic rings. The van der Waals surface area contributed by atoms with Gasteiger partial charge in [-0.05, 0) is 31.4 Å². The molecule has 1 aromatic rings. The van der Waals surface area contributed by atoms with Gasteiger partial charge in [0.25, 0.3) is 0 Å². The number of sulfonamides is 1. The molecule has 2 saturated heterocycles. The van der Waals surface area contributed by atoms with Crippen molar-refractivity contribution in [3.63, 3.8) is 0 Å². The standard InChI is InChI=1S/C15H20FNO5S2/c16-14-5-1-2-6-15(14)24(20,21)17(10-13-4-3-8-22-13)12-7-9-23(18,19)11-12/h1-2,5-6,12-13H,3-4,7-11H2/t12-,13+/m1/s1. The third-order valence-electron chi connectivity index (χ3n) is 4.45. The van der Waals surface area contributed by atoms with Crippen molar-refractivity contribution >= 4 is 19.9 Å². The van der Waals surface area contributed by atoms with Crippen LogP contribution in [0.1, 0.15) is 19.3 Å². The molecule has 0 bridgehead atoms. The first-order chi connectivity index (χ1) is 11.3. The van der Waals surface area contributed by atoms with E-state index in [1.807, 2.05) is 0 Å². The molecular weight excluding hydrogens is 357 g/mol. The Kier molecular flexibility index (Phi) is 4.96. The average molecular weight is 377 g/mol. The van der Waals surface area contributed by atoms with Gasteiger partial charge in [-0.3, -0.25) is 0 Å². The first kappa shape index (κ1) is 17.8. The Balaban J connectivity index is 1.95. The number of benzene rings is 1. The fraction of sp³-hybridized carbons (Fsp3) is 0.600. The van der Waals surface area contributed by atoms with E-state index in [0.717, 1.165) is 16.8 Å². The van der Waals surface area contributed by atoms with Gasteiger partial charge in [0.05, 0.1) is 17.6 Å². The lowest BCUT2D eigenvalue weighted by molar-refractivity contribution is 0.0876. The molecule has 134 valence electrons. The number of hydrogen-bond acceptors (Lipinski definition) is 5. The van der Waals surface area contributed by atoms with Gasteiger partial charge in [0, 0.05) is 19.2 Å². The second-order valence-electron chi connectivity index (χ2n) is 6.20. The molecule has 0 saturated carbocycles. The molecule has 0 N–H and O–H groups in total. The quantitative estimate of drug-likeness (QED) is 0.770. The molecule has 0 unspecified atom stereocenters.